The Bertz CT molecular complexity index is 713. The maximum absolute atomic E-state index is 12.7. The lowest BCUT2D eigenvalue weighted by molar-refractivity contribution is -0.222. The molecule has 2 aliphatic rings. The van der Waals surface area contributed by atoms with E-state index in [4.69, 9.17) is 8.92 Å². The van der Waals surface area contributed by atoms with Gasteiger partial charge in [-0.2, -0.15) is 8.42 Å². The molecule has 1 heterocycles. The van der Waals surface area contributed by atoms with Crippen molar-refractivity contribution in [2.24, 2.45) is 11.8 Å². The van der Waals surface area contributed by atoms with Crippen molar-refractivity contribution < 1.29 is 22.4 Å². The van der Waals surface area contributed by atoms with Crippen molar-refractivity contribution >= 4 is 10.1 Å². The number of hydrogen-bond donors (Lipinski definition) is 1. The molecule has 2 fully saturated rings. The molecule has 0 spiro atoms. The molecule has 0 radical (unpaired) electrons. The molecule has 1 saturated carbocycles. The Hall–Kier alpha value is -0.950. The summed E-state index contributed by atoms with van der Waals surface area (Å²) in [6.07, 6.45) is 0.643. The van der Waals surface area contributed by atoms with Gasteiger partial charge in [-0.05, 0) is 50.7 Å². The fourth-order valence-electron chi connectivity index (χ4n) is 4.28. The Morgan fingerprint density at radius 1 is 1.25 bits per heavy atom. The summed E-state index contributed by atoms with van der Waals surface area (Å²) in [5, 5.41) is 11.2. The zero-order chi connectivity index (χ0) is 17.8. The molecule has 1 aromatic rings. The summed E-state index contributed by atoms with van der Waals surface area (Å²) in [4.78, 5) is 0.128. The van der Waals surface area contributed by atoms with Crippen LogP contribution in [0.15, 0.2) is 29.2 Å². The molecule has 6 heteroatoms. The van der Waals surface area contributed by atoms with Crippen molar-refractivity contribution in [2.45, 2.75) is 62.7 Å². The van der Waals surface area contributed by atoms with E-state index in [2.05, 4.69) is 0 Å². The maximum atomic E-state index is 12.7. The summed E-state index contributed by atoms with van der Waals surface area (Å²) in [5.74, 6) is -0.251. The summed E-state index contributed by atoms with van der Waals surface area (Å²) in [6, 6.07) is 6.58. The summed E-state index contributed by atoms with van der Waals surface area (Å²) < 4.78 is 37.0. The molecule has 134 valence electrons. The van der Waals surface area contributed by atoms with Crippen LogP contribution in [0.2, 0.25) is 0 Å². The van der Waals surface area contributed by atoms with Crippen molar-refractivity contribution in [3.63, 3.8) is 0 Å². The molecule has 1 N–H and O–H groups in total. The van der Waals surface area contributed by atoms with Crippen LogP contribution in [0.25, 0.3) is 0 Å². The van der Waals surface area contributed by atoms with Crippen LogP contribution in [0.3, 0.4) is 0 Å². The van der Waals surface area contributed by atoms with Gasteiger partial charge in [0.2, 0.25) is 0 Å². The normalized spacial score (nSPS) is 39.6. The molecule has 1 aliphatic carbocycles. The van der Waals surface area contributed by atoms with Crippen molar-refractivity contribution in [1.82, 2.24) is 0 Å². The number of rotatable bonds is 3. The Morgan fingerprint density at radius 3 is 2.50 bits per heavy atom. The molecule has 24 heavy (non-hydrogen) atoms. The number of aryl methyl sites for hydroxylation is 1. The largest absolute Gasteiger partial charge is 0.386 e. The first-order valence-corrected chi connectivity index (χ1v) is 9.89. The third-order valence-corrected chi connectivity index (χ3v) is 7.38. The fraction of sp³-hybridized carbons (Fsp3) is 0.667. The van der Waals surface area contributed by atoms with Gasteiger partial charge < -0.3 is 9.84 Å². The van der Waals surface area contributed by atoms with E-state index in [1.165, 1.54) is 0 Å². The van der Waals surface area contributed by atoms with Gasteiger partial charge in [0.15, 0.2) is 0 Å². The molecular weight excluding hydrogens is 328 g/mol. The van der Waals surface area contributed by atoms with Gasteiger partial charge in [-0.1, -0.05) is 31.5 Å². The van der Waals surface area contributed by atoms with Crippen LogP contribution in [-0.4, -0.2) is 37.4 Å². The third kappa shape index (κ3) is 2.51. The lowest BCUT2D eigenvalue weighted by Crippen LogP contribution is -2.60. The van der Waals surface area contributed by atoms with Gasteiger partial charge in [0.05, 0.1) is 10.5 Å². The molecule has 1 aliphatic heterocycles. The van der Waals surface area contributed by atoms with E-state index in [1.807, 2.05) is 20.8 Å². The van der Waals surface area contributed by atoms with Gasteiger partial charge in [0.1, 0.15) is 11.7 Å². The van der Waals surface area contributed by atoms with E-state index in [0.717, 1.165) is 12.0 Å². The van der Waals surface area contributed by atoms with Crippen LogP contribution >= 0.6 is 0 Å². The van der Waals surface area contributed by atoms with E-state index in [9.17, 15) is 13.5 Å². The highest BCUT2D eigenvalue weighted by atomic mass is 32.2. The first kappa shape index (κ1) is 17.9. The average Bonchev–Trinajstić information content (AvgIpc) is 2.67. The predicted octanol–water partition coefficient (Wildman–Crippen LogP) is 2.65. The highest BCUT2D eigenvalue weighted by molar-refractivity contribution is 7.86. The van der Waals surface area contributed by atoms with E-state index < -0.39 is 27.4 Å². The number of hydrogen-bond acceptors (Lipinski definition) is 5. The number of benzene rings is 1. The summed E-state index contributed by atoms with van der Waals surface area (Å²) >= 11 is 0. The highest BCUT2D eigenvalue weighted by Crippen LogP contribution is 2.55. The molecule has 3 rings (SSSR count). The van der Waals surface area contributed by atoms with Crippen LogP contribution < -0.4 is 0 Å². The minimum Gasteiger partial charge on any atom is -0.386 e. The van der Waals surface area contributed by atoms with Gasteiger partial charge in [-0.25, -0.2) is 0 Å². The first-order chi connectivity index (χ1) is 11.1. The molecule has 5 nitrogen and oxygen atoms in total. The van der Waals surface area contributed by atoms with Crippen molar-refractivity contribution in [1.29, 1.82) is 0 Å². The third-order valence-electron chi connectivity index (χ3n) is 6.07. The summed E-state index contributed by atoms with van der Waals surface area (Å²) in [6.45, 7) is 8.05. The second kappa shape index (κ2) is 5.80. The zero-order valence-corrected chi connectivity index (χ0v) is 15.5. The van der Waals surface area contributed by atoms with Crippen molar-refractivity contribution in [3.05, 3.63) is 29.8 Å². The lowest BCUT2D eigenvalue weighted by atomic mass is 9.76. The molecule has 5 atom stereocenters. The first-order valence-electron chi connectivity index (χ1n) is 8.48. The van der Waals surface area contributed by atoms with Crippen LogP contribution in [0.4, 0.5) is 0 Å². The topological polar surface area (TPSA) is 72.8 Å². The number of ether oxygens (including phenoxy) is 1. The standard InChI is InChI=1S/C18H26O5S/c1-12-6-8-15(9-7-12)24(20,21)23-16-13(2)14(3)18(19)10-5-11-22-17(16,18)4/h6-9,13-14,16,19H,5,10-11H2,1-4H3/t13-,14-,16-,17-,18-/m0/s1. The van der Waals surface area contributed by atoms with Crippen molar-refractivity contribution in [3.8, 4) is 0 Å². The maximum Gasteiger partial charge on any atom is 0.297 e. The van der Waals surface area contributed by atoms with E-state index in [-0.39, 0.29) is 16.7 Å². The molecule has 1 saturated heterocycles. The molecule has 0 unspecified atom stereocenters. The molecular formula is C18H26O5S. The Labute approximate surface area is 144 Å². The molecule has 0 amide bonds. The monoisotopic (exact) mass is 354 g/mol. The second-order valence-corrected chi connectivity index (χ2v) is 8.99. The minimum atomic E-state index is -3.92. The van der Waals surface area contributed by atoms with E-state index >= 15 is 0 Å². The van der Waals surface area contributed by atoms with Crippen LogP contribution in [-0.2, 0) is 19.0 Å². The number of aliphatic hydroxyl groups is 1. The second-order valence-electron chi connectivity index (χ2n) is 7.42. The van der Waals surface area contributed by atoms with Gasteiger partial charge in [0, 0.05) is 6.61 Å². The predicted molar refractivity (Wildman–Crippen MR) is 90.1 cm³/mol. The van der Waals surface area contributed by atoms with Crippen LogP contribution in [0.5, 0.6) is 0 Å². The van der Waals surface area contributed by atoms with Gasteiger partial charge in [-0.15, -0.1) is 0 Å². The van der Waals surface area contributed by atoms with Crippen LogP contribution in [0.1, 0.15) is 39.2 Å². The van der Waals surface area contributed by atoms with Gasteiger partial charge in [0.25, 0.3) is 10.1 Å². The van der Waals surface area contributed by atoms with E-state index in [0.29, 0.717) is 13.0 Å². The Balaban J connectivity index is 1.95. The van der Waals surface area contributed by atoms with Crippen molar-refractivity contribution in [2.75, 3.05) is 6.61 Å². The number of fused-ring (bicyclic) bond motifs is 1. The lowest BCUT2D eigenvalue weighted by Gasteiger charge is -2.46. The zero-order valence-electron chi connectivity index (χ0n) is 14.7. The summed E-state index contributed by atoms with van der Waals surface area (Å²) in [7, 11) is -3.92. The molecule has 0 aromatic heterocycles. The average molecular weight is 354 g/mol. The Morgan fingerprint density at radius 2 is 1.88 bits per heavy atom. The van der Waals surface area contributed by atoms with Gasteiger partial charge >= 0.3 is 0 Å². The highest BCUT2D eigenvalue weighted by Gasteiger charge is 2.67. The quantitative estimate of drug-likeness (QED) is 0.845. The van der Waals surface area contributed by atoms with Crippen LogP contribution in [0, 0.1) is 18.8 Å². The fourth-order valence-corrected chi connectivity index (χ4v) is 5.49. The molecule has 1 aromatic carbocycles. The SMILES string of the molecule is Cc1ccc(S(=O)(=O)O[C@H]2[C@@H](C)[C@H](C)[C@@]3(O)CCCO[C@@]23C)cc1. The van der Waals surface area contributed by atoms with Gasteiger partial charge in [-0.3, -0.25) is 4.18 Å². The Kier molecular flexibility index (Phi) is 4.31. The molecule has 0 bridgehead atoms. The minimum absolute atomic E-state index is 0.110. The smallest absolute Gasteiger partial charge is 0.297 e. The summed E-state index contributed by atoms with van der Waals surface area (Å²) in [5.41, 5.74) is -1.12. The van der Waals surface area contributed by atoms with E-state index in [1.54, 1.807) is 31.2 Å².